The molecule has 2 aromatic rings. The van der Waals surface area contributed by atoms with Gasteiger partial charge in [0.15, 0.2) is 0 Å². The maximum atomic E-state index is 5.79. The van der Waals surface area contributed by atoms with E-state index in [1.54, 1.807) is 0 Å². The molecule has 0 atom stereocenters. The molecule has 2 nitrogen and oxygen atoms in total. The highest BCUT2D eigenvalue weighted by atomic mass is 32.1. The van der Waals surface area contributed by atoms with Gasteiger partial charge in [0.05, 0.1) is 0 Å². The molecular weight excluding hydrogens is 254 g/mol. The van der Waals surface area contributed by atoms with Gasteiger partial charge in [-0.1, -0.05) is 36.5 Å². The maximum absolute atomic E-state index is 5.79. The van der Waals surface area contributed by atoms with Crippen molar-refractivity contribution in [3.05, 3.63) is 64.7 Å². The largest absolute Gasteiger partial charge is 0.489 e. The Kier molecular flexibility index (Phi) is 4.17. The summed E-state index contributed by atoms with van der Waals surface area (Å²) in [6, 6.07) is 14.0. The molecule has 2 aromatic carbocycles. The molecule has 2 rings (SSSR count). The van der Waals surface area contributed by atoms with Gasteiger partial charge in [-0.15, -0.1) is 0 Å². The summed E-state index contributed by atoms with van der Waals surface area (Å²) in [5.74, 6) is 0.887. The van der Waals surface area contributed by atoms with E-state index in [4.69, 9.17) is 22.7 Å². The number of thiocarbonyl (C=S) groups is 1. The highest BCUT2D eigenvalue weighted by Crippen LogP contribution is 2.17. The molecule has 0 saturated heterocycles. The summed E-state index contributed by atoms with van der Waals surface area (Å²) in [4.78, 5) is 0.425. The number of ether oxygens (including phenoxy) is 1. The lowest BCUT2D eigenvalue weighted by molar-refractivity contribution is 0.305. The molecule has 3 heteroatoms. The topological polar surface area (TPSA) is 35.2 Å². The highest BCUT2D eigenvalue weighted by Gasteiger charge is 2.03. The Bertz CT molecular complexity index is 607. The van der Waals surface area contributed by atoms with Crippen molar-refractivity contribution in [1.29, 1.82) is 0 Å². The van der Waals surface area contributed by atoms with Crippen LogP contribution in [0.15, 0.2) is 42.5 Å². The molecule has 0 aliphatic carbocycles. The molecule has 0 aliphatic heterocycles. The number of benzene rings is 2. The van der Waals surface area contributed by atoms with Crippen molar-refractivity contribution in [2.75, 3.05) is 0 Å². The fraction of sp³-hybridized carbons (Fsp3) is 0.188. The lowest BCUT2D eigenvalue weighted by Crippen LogP contribution is -2.10. The van der Waals surface area contributed by atoms with Crippen molar-refractivity contribution in [3.8, 4) is 5.75 Å². The first kappa shape index (κ1) is 13.6. The molecular formula is C16H17NOS. The van der Waals surface area contributed by atoms with Gasteiger partial charge in [-0.2, -0.15) is 0 Å². The van der Waals surface area contributed by atoms with Gasteiger partial charge < -0.3 is 10.5 Å². The van der Waals surface area contributed by atoms with E-state index in [1.165, 1.54) is 5.56 Å². The van der Waals surface area contributed by atoms with Crippen molar-refractivity contribution < 1.29 is 4.74 Å². The minimum atomic E-state index is 0.425. The van der Waals surface area contributed by atoms with E-state index in [9.17, 15) is 0 Å². The third kappa shape index (κ3) is 3.55. The summed E-state index contributed by atoms with van der Waals surface area (Å²) < 4.78 is 5.79. The lowest BCUT2D eigenvalue weighted by Gasteiger charge is -2.10. The van der Waals surface area contributed by atoms with Crippen molar-refractivity contribution in [2.24, 2.45) is 5.73 Å². The van der Waals surface area contributed by atoms with E-state index in [-0.39, 0.29) is 0 Å². The van der Waals surface area contributed by atoms with E-state index in [0.29, 0.717) is 11.6 Å². The summed E-state index contributed by atoms with van der Waals surface area (Å²) in [6.45, 7) is 4.64. The minimum absolute atomic E-state index is 0.425. The molecule has 0 fully saturated rings. The van der Waals surface area contributed by atoms with Crippen molar-refractivity contribution in [3.63, 3.8) is 0 Å². The van der Waals surface area contributed by atoms with Crippen LogP contribution in [0.5, 0.6) is 5.75 Å². The fourth-order valence-electron chi connectivity index (χ4n) is 1.88. The molecule has 0 bridgehead atoms. The minimum Gasteiger partial charge on any atom is -0.489 e. The Balaban J connectivity index is 2.10. The second-order valence-electron chi connectivity index (χ2n) is 4.61. The molecule has 0 heterocycles. The van der Waals surface area contributed by atoms with Crippen LogP contribution in [0.25, 0.3) is 0 Å². The van der Waals surface area contributed by atoms with Crippen LogP contribution in [0.3, 0.4) is 0 Å². The number of hydrogen-bond donors (Lipinski definition) is 1. The molecule has 0 aromatic heterocycles. The number of hydrogen-bond acceptors (Lipinski definition) is 2. The van der Waals surface area contributed by atoms with Crippen molar-refractivity contribution >= 4 is 17.2 Å². The number of nitrogens with two attached hydrogens (primary N) is 1. The first-order valence-electron chi connectivity index (χ1n) is 6.15. The summed E-state index contributed by atoms with van der Waals surface area (Å²) >= 11 is 4.97. The first-order valence-corrected chi connectivity index (χ1v) is 6.56. The summed E-state index contributed by atoms with van der Waals surface area (Å²) in [7, 11) is 0. The Labute approximate surface area is 119 Å². The monoisotopic (exact) mass is 271 g/mol. The van der Waals surface area contributed by atoms with Crippen LogP contribution in [0.2, 0.25) is 0 Å². The second-order valence-corrected chi connectivity index (χ2v) is 5.05. The summed E-state index contributed by atoms with van der Waals surface area (Å²) in [6.07, 6.45) is 0. The third-order valence-corrected chi connectivity index (χ3v) is 3.25. The van der Waals surface area contributed by atoms with Crippen molar-refractivity contribution in [1.82, 2.24) is 0 Å². The standard InChI is InChI=1S/C16H17NOS/c1-11-4-3-5-15(8-11)18-10-14-7-6-13(16(17)19)9-12(14)2/h3-9H,10H2,1-2H3,(H2,17,19). The third-order valence-electron chi connectivity index (χ3n) is 3.01. The zero-order chi connectivity index (χ0) is 13.8. The number of aryl methyl sites for hydroxylation is 2. The average molecular weight is 271 g/mol. The SMILES string of the molecule is Cc1cccc(OCc2ccc(C(N)=S)cc2C)c1. The van der Waals surface area contributed by atoms with E-state index in [2.05, 4.69) is 13.0 Å². The molecule has 0 amide bonds. The maximum Gasteiger partial charge on any atom is 0.120 e. The first-order chi connectivity index (χ1) is 9.06. The second kappa shape index (κ2) is 5.85. The molecule has 0 unspecified atom stereocenters. The predicted molar refractivity (Wildman–Crippen MR) is 82.6 cm³/mol. The van der Waals surface area contributed by atoms with Crippen LogP contribution in [0.4, 0.5) is 0 Å². The normalized spacial score (nSPS) is 10.2. The summed E-state index contributed by atoms with van der Waals surface area (Å²) in [5.41, 5.74) is 9.98. The Morgan fingerprint density at radius 1 is 1.16 bits per heavy atom. The molecule has 0 saturated carbocycles. The zero-order valence-electron chi connectivity index (χ0n) is 11.1. The number of rotatable bonds is 4. The van der Waals surface area contributed by atoms with E-state index < -0.39 is 0 Å². The molecule has 0 aliphatic rings. The predicted octanol–water partition coefficient (Wildman–Crippen LogP) is 3.52. The lowest BCUT2D eigenvalue weighted by atomic mass is 10.1. The molecule has 98 valence electrons. The average Bonchev–Trinajstić information content (AvgIpc) is 2.37. The van der Waals surface area contributed by atoms with Crippen LogP contribution in [-0.2, 0) is 6.61 Å². The van der Waals surface area contributed by atoms with Gasteiger partial charge in [0.2, 0.25) is 0 Å². The van der Waals surface area contributed by atoms with Crippen LogP contribution in [0, 0.1) is 13.8 Å². The van der Waals surface area contributed by atoms with Crippen LogP contribution in [-0.4, -0.2) is 4.99 Å². The summed E-state index contributed by atoms with van der Waals surface area (Å²) in [5, 5.41) is 0. The van der Waals surface area contributed by atoms with E-state index in [1.807, 2.05) is 43.3 Å². The molecule has 19 heavy (non-hydrogen) atoms. The van der Waals surface area contributed by atoms with Crippen LogP contribution in [0.1, 0.15) is 22.3 Å². The Morgan fingerprint density at radius 2 is 1.95 bits per heavy atom. The fourth-order valence-corrected chi connectivity index (χ4v) is 2.00. The Morgan fingerprint density at radius 3 is 2.58 bits per heavy atom. The quantitative estimate of drug-likeness (QED) is 0.864. The van der Waals surface area contributed by atoms with Gasteiger partial charge in [0.1, 0.15) is 17.3 Å². The smallest absolute Gasteiger partial charge is 0.120 e. The van der Waals surface area contributed by atoms with Gasteiger partial charge in [-0.3, -0.25) is 0 Å². The van der Waals surface area contributed by atoms with Crippen LogP contribution < -0.4 is 10.5 Å². The molecule has 2 N–H and O–H groups in total. The van der Waals surface area contributed by atoms with Crippen molar-refractivity contribution in [2.45, 2.75) is 20.5 Å². The van der Waals surface area contributed by atoms with Crippen LogP contribution >= 0.6 is 12.2 Å². The molecule has 0 radical (unpaired) electrons. The van der Waals surface area contributed by atoms with E-state index >= 15 is 0 Å². The van der Waals surface area contributed by atoms with E-state index in [0.717, 1.165) is 22.4 Å². The Hall–Kier alpha value is -1.87. The highest BCUT2D eigenvalue weighted by molar-refractivity contribution is 7.80. The van der Waals surface area contributed by atoms with Gasteiger partial charge >= 0.3 is 0 Å². The van der Waals surface area contributed by atoms with Gasteiger partial charge in [-0.25, -0.2) is 0 Å². The van der Waals surface area contributed by atoms with Gasteiger partial charge in [0.25, 0.3) is 0 Å². The zero-order valence-corrected chi connectivity index (χ0v) is 12.0. The van der Waals surface area contributed by atoms with Gasteiger partial charge in [0, 0.05) is 5.56 Å². The van der Waals surface area contributed by atoms with Gasteiger partial charge in [-0.05, 0) is 48.7 Å². The molecule has 0 spiro atoms.